The lowest BCUT2D eigenvalue weighted by atomic mass is 10.2. The minimum atomic E-state index is -0.0853. The number of pyridine rings is 1. The molecule has 0 bridgehead atoms. The van der Waals surface area contributed by atoms with Gasteiger partial charge in [0.1, 0.15) is 0 Å². The highest BCUT2D eigenvalue weighted by molar-refractivity contribution is 5.93. The van der Waals surface area contributed by atoms with Crippen LogP contribution in [0.4, 0.5) is 0 Å². The number of rotatable bonds is 3. The van der Waals surface area contributed by atoms with Gasteiger partial charge >= 0.3 is 0 Å². The average molecular weight is 211 g/mol. The van der Waals surface area contributed by atoms with Crippen molar-refractivity contribution in [3.63, 3.8) is 0 Å². The Bertz CT molecular complexity index is 454. The number of hydrogen-bond donors (Lipinski definition) is 1. The molecular formula is C13H11N2O. The van der Waals surface area contributed by atoms with E-state index in [9.17, 15) is 4.79 Å². The van der Waals surface area contributed by atoms with E-state index in [1.54, 1.807) is 36.7 Å². The third kappa shape index (κ3) is 2.67. The zero-order chi connectivity index (χ0) is 11.2. The smallest absolute Gasteiger partial charge is 0.251 e. The standard InChI is InChI=1S/C13H11N2O/c16-13(12-6-2-1-3-7-12)15-10-11-5-4-8-14-9-11/h2-9H,10H2,(H,15,16). The normalized spacial score (nSPS) is 9.75. The largest absolute Gasteiger partial charge is 0.348 e. The van der Waals surface area contributed by atoms with Crippen LogP contribution >= 0.6 is 0 Å². The molecule has 1 N–H and O–H groups in total. The molecule has 1 aromatic carbocycles. The number of amides is 1. The third-order valence-corrected chi connectivity index (χ3v) is 2.16. The van der Waals surface area contributed by atoms with Gasteiger partial charge in [0, 0.05) is 24.5 Å². The molecule has 1 amide bonds. The van der Waals surface area contributed by atoms with Gasteiger partial charge in [0.2, 0.25) is 0 Å². The van der Waals surface area contributed by atoms with E-state index in [1.165, 1.54) is 0 Å². The monoisotopic (exact) mass is 211 g/mol. The maximum Gasteiger partial charge on any atom is 0.251 e. The van der Waals surface area contributed by atoms with Crippen LogP contribution in [0.5, 0.6) is 0 Å². The van der Waals surface area contributed by atoms with Gasteiger partial charge in [-0.1, -0.05) is 18.2 Å². The van der Waals surface area contributed by atoms with Crippen molar-refractivity contribution in [2.45, 2.75) is 6.54 Å². The maximum absolute atomic E-state index is 11.7. The summed E-state index contributed by atoms with van der Waals surface area (Å²) in [6.45, 7) is 0.491. The van der Waals surface area contributed by atoms with E-state index < -0.39 is 0 Å². The molecule has 0 aliphatic carbocycles. The Labute approximate surface area is 94.1 Å². The predicted molar refractivity (Wildman–Crippen MR) is 60.7 cm³/mol. The first-order valence-corrected chi connectivity index (χ1v) is 4.99. The van der Waals surface area contributed by atoms with Crippen molar-refractivity contribution in [1.82, 2.24) is 10.3 Å². The summed E-state index contributed by atoms with van der Waals surface area (Å²) in [5.74, 6) is -0.0853. The summed E-state index contributed by atoms with van der Waals surface area (Å²) in [6, 6.07) is 13.6. The van der Waals surface area contributed by atoms with E-state index in [4.69, 9.17) is 0 Å². The minimum absolute atomic E-state index is 0.0853. The Morgan fingerprint density at radius 3 is 2.81 bits per heavy atom. The molecule has 0 aliphatic rings. The second kappa shape index (κ2) is 5.07. The summed E-state index contributed by atoms with van der Waals surface area (Å²) >= 11 is 0. The average Bonchev–Trinajstić information content (AvgIpc) is 2.38. The fourth-order valence-electron chi connectivity index (χ4n) is 1.33. The van der Waals surface area contributed by atoms with Gasteiger partial charge in [-0.25, -0.2) is 0 Å². The Kier molecular flexibility index (Phi) is 3.28. The molecule has 2 rings (SSSR count). The Morgan fingerprint density at radius 1 is 1.31 bits per heavy atom. The highest BCUT2D eigenvalue weighted by atomic mass is 16.1. The van der Waals surface area contributed by atoms with Crippen LogP contribution in [-0.4, -0.2) is 10.9 Å². The molecule has 1 radical (unpaired) electrons. The second-order valence-electron chi connectivity index (χ2n) is 3.33. The van der Waals surface area contributed by atoms with Gasteiger partial charge in [-0.15, -0.1) is 0 Å². The number of benzene rings is 1. The molecule has 0 saturated heterocycles. The van der Waals surface area contributed by atoms with E-state index in [2.05, 4.69) is 16.4 Å². The first-order valence-electron chi connectivity index (χ1n) is 4.99. The molecule has 2 aromatic rings. The fraction of sp³-hybridized carbons (Fsp3) is 0.0769. The van der Waals surface area contributed by atoms with Gasteiger partial charge < -0.3 is 5.32 Å². The summed E-state index contributed by atoms with van der Waals surface area (Å²) < 4.78 is 0. The van der Waals surface area contributed by atoms with Gasteiger partial charge in [0.15, 0.2) is 0 Å². The molecule has 79 valence electrons. The molecule has 3 heteroatoms. The van der Waals surface area contributed by atoms with Crippen molar-refractivity contribution in [1.29, 1.82) is 0 Å². The lowest BCUT2D eigenvalue weighted by Crippen LogP contribution is -2.22. The van der Waals surface area contributed by atoms with Crippen LogP contribution in [0.25, 0.3) is 0 Å². The molecule has 0 spiro atoms. The number of aromatic nitrogens is 1. The summed E-state index contributed by atoms with van der Waals surface area (Å²) in [5, 5.41) is 2.82. The van der Waals surface area contributed by atoms with E-state index in [0.717, 1.165) is 5.56 Å². The maximum atomic E-state index is 11.7. The molecule has 1 aromatic heterocycles. The molecule has 0 aliphatic heterocycles. The van der Waals surface area contributed by atoms with Gasteiger partial charge in [-0.3, -0.25) is 9.78 Å². The summed E-state index contributed by atoms with van der Waals surface area (Å²) in [4.78, 5) is 15.7. The number of carbonyl (C=O) groups excluding carboxylic acids is 1. The minimum Gasteiger partial charge on any atom is -0.348 e. The van der Waals surface area contributed by atoms with Crippen LogP contribution in [-0.2, 0) is 6.54 Å². The highest BCUT2D eigenvalue weighted by Crippen LogP contribution is 1.99. The highest BCUT2D eigenvalue weighted by Gasteiger charge is 2.03. The van der Waals surface area contributed by atoms with E-state index in [-0.39, 0.29) is 5.91 Å². The topological polar surface area (TPSA) is 42.0 Å². The van der Waals surface area contributed by atoms with Crippen molar-refractivity contribution in [3.8, 4) is 0 Å². The van der Waals surface area contributed by atoms with E-state index in [0.29, 0.717) is 12.1 Å². The number of nitrogens with zero attached hydrogens (tertiary/aromatic N) is 1. The molecule has 0 saturated carbocycles. The lowest BCUT2D eigenvalue weighted by Gasteiger charge is -2.04. The van der Waals surface area contributed by atoms with Crippen LogP contribution in [0.2, 0.25) is 0 Å². The Balaban J connectivity index is 1.95. The van der Waals surface area contributed by atoms with E-state index in [1.807, 2.05) is 12.1 Å². The molecule has 16 heavy (non-hydrogen) atoms. The van der Waals surface area contributed by atoms with Crippen LogP contribution in [0.1, 0.15) is 15.9 Å². The summed E-state index contributed by atoms with van der Waals surface area (Å²) in [6.07, 6.45) is 3.44. The SMILES string of the molecule is O=C(NCc1cccnc1)c1cc[c]cc1. The molecule has 0 unspecified atom stereocenters. The molecule has 0 atom stereocenters. The summed E-state index contributed by atoms with van der Waals surface area (Å²) in [5.41, 5.74) is 1.63. The van der Waals surface area contributed by atoms with Crippen molar-refractivity contribution >= 4 is 5.91 Å². The Hall–Kier alpha value is -2.16. The Morgan fingerprint density at radius 2 is 2.12 bits per heavy atom. The first-order chi connectivity index (χ1) is 7.86. The molecule has 3 nitrogen and oxygen atoms in total. The zero-order valence-corrected chi connectivity index (χ0v) is 8.68. The lowest BCUT2D eigenvalue weighted by molar-refractivity contribution is 0.0951. The molecule has 1 heterocycles. The summed E-state index contributed by atoms with van der Waals surface area (Å²) in [7, 11) is 0. The predicted octanol–water partition coefficient (Wildman–Crippen LogP) is 1.81. The van der Waals surface area contributed by atoms with Gasteiger partial charge in [0.05, 0.1) is 0 Å². The van der Waals surface area contributed by atoms with Crippen LogP contribution < -0.4 is 5.32 Å². The zero-order valence-electron chi connectivity index (χ0n) is 8.68. The number of carbonyl (C=O) groups is 1. The second-order valence-corrected chi connectivity index (χ2v) is 3.33. The van der Waals surface area contributed by atoms with Crippen LogP contribution in [0.3, 0.4) is 0 Å². The quantitative estimate of drug-likeness (QED) is 0.841. The molecular weight excluding hydrogens is 200 g/mol. The van der Waals surface area contributed by atoms with Crippen LogP contribution in [0.15, 0.2) is 48.8 Å². The van der Waals surface area contributed by atoms with Gasteiger partial charge in [-0.05, 0) is 29.8 Å². The van der Waals surface area contributed by atoms with E-state index >= 15 is 0 Å². The molecule has 0 fully saturated rings. The van der Waals surface area contributed by atoms with Crippen molar-refractivity contribution in [3.05, 3.63) is 66.0 Å². The van der Waals surface area contributed by atoms with Crippen LogP contribution in [0, 0.1) is 6.07 Å². The van der Waals surface area contributed by atoms with Crippen molar-refractivity contribution in [2.24, 2.45) is 0 Å². The van der Waals surface area contributed by atoms with Crippen molar-refractivity contribution < 1.29 is 4.79 Å². The third-order valence-electron chi connectivity index (χ3n) is 2.16. The van der Waals surface area contributed by atoms with Crippen molar-refractivity contribution in [2.75, 3.05) is 0 Å². The number of hydrogen-bond acceptors (Lipinski definition) is 2. The van der Waals surface area contributed by atoms with Gasteiger partial charge in [-0.2, -0.15) is 0 Å². The first kappa shape index (κ1) is 10.4. The number of nitrogens with one attached hydrogen (secondary N) is 1. The van der Waals surface area contributed by atoms with Gasteiger partial charge in [0.25, 0.3) is 5.91 Å². The fourth-order valence-corrected chi connectivity index (χ4v) is 1.33.